The van der Waals surface area contributed by atoms with Crippen LogP contribution in [0.15, 0.2) is 36.4 Å². The van der Waals surface area contributed by atoms with Crippen molar-refractivity contribution in [3.8, 4) is 11.5 Å². The summed E-state index contributed by atoms with van der Waals surface area (Å²) in [6, 6.07) is 8.38. The van der Waals surface area contributed by atoms with Crippen molar-refractivity contribution in [2.75, 3.05) is 6.54 Å². The van der Waals surface area contributed by atoms with Gasteiger partial charge in [-0.1, -0.05) is 24.6 Å². The lowest BCUT2D eigenvalue weighted by Gasteiger charge is -2.13. The zero-order valence-corrected chi connectivity index (χ0v) is 12.4. The lowest BCUT2D eigenvalue weighted by atomic mass is 10.2. The number of benzene rings is 2. The van der Waals surface area contributed by atoms with Crippen LogP contribution in [0.3, 0.4) is 0 Å². The van der Waals surface area contributed by atoms with E-state index in [0.717, 1.165) is 30.7 Å². The average molecular weight is 312 g/mol. The van der Waals surface area contributed by atoms with Gasteiger partial charge in [-0.25, -0.2) is 8.78 Å². The SMILES string of the molecule is CCCNCc1ccc(Cl)cc1Oc1ccc(F)cc1F. The fourth-order valence-corrected chi connectivity index (χ4v) is 2.01. The molecule has 2 aromatic carbocycles. The molecule has 0 aliphatic carbocycles. The van der Waals surface area contributed by atoms with Crippen LogP contribution in [0, 0.1) is 11.6 Å². The van der Waals surface area contributed by atoms with Crippen LogP contribution in [-0.4, -0.2) is 6.54 Å². The summed E-state index contributed by atoms with van der Waals surface area (Å²) in [4.78, 5) is 0. The number of nitrogens with one attached hydrogen (secondary N) is 1. The number of hydrogen-bond acceptors (Lipinski definition) is 2. The standard InChI is InChI=1S/C16H16ClF2NO/c1-2-7-20-10-11-3-4-12(17)8-16(11)21-15-6-5-13(18)9-14(15)19/h3-6,8-9,20H,2,7,10H2,1H3. The summed E-state index contributed by atoms with van der Waals surface area (Å²) >= 11 is 5.96. The van der Waals surface area contributed by atoms with Crippen molar-refractivity contribution in [2.45, 2.75) is 19.9 Å². The van der Waals surface area contributed by atoms with Gasteiger partial charge in [0.1, 0.15) is 11.6 Å². The van der Waals surface area contributed by atoms with E-state index in [2.05, 4.69) is 12.2 Å². The molecule has 2 aromatic rings. The summed E-state index contributed by atoms with van der Waals surface area (Å²) in [5.74, 6) is -0.967. The normalized spacial score (nSPS) is 10.7. The summed E-state index contributed by atoms with van der Waals surface area (Å²) in [6.07, 6.45) is 1.01. The fourth-order valence-electron chi connectivity index (χ4n) is 1.85. The molecule has 2 nitrogen and oxygen atoms in total. The van der Waals surface area contributed by atoms with Crippen molar-refractivity contribution in [3.05, 3.63) is 58.6 Å². The largest absolute Gasteiger partial charge is 0.454 e. The first kappa shape index (κ1) is 15.7. The van der Waals surface area contributed by atoms with Crippen molar-refractivity contribution in [2.24, 2.45) is 0 Å². The van der Waals surface area contributed by atoms with E-state index in [1.807, 2.05) is 6.07 Å². The second-order valence-electron chi connectivity index (χ2n) is 4.61. The van der Waals surface area contributed by atoms with E-state index in [-0.39, 0.29) is 5.75 Å². The zero-order valence-electron chi connectivity index (χ0n) is 11.6. The molecule has 112 valence electrons. The molecule has 5 heteroatoms. The van der Waals surface area contributed by atoms with Gasteiger partial charge >= 0.3 is 0 Å². The van der Waals surface area contributed by atoms with Crippen LogP contribution in [-0.2, 0) is 6.54 Å². The Morgan fingerprint density at radius 3 is 2.62 bits per heavy atom. The Bertz CT molecular complexity index is 619. The van der Waals surface area contributed by atoms with Crippen LogP contribution in [0.5, 0.6) is 11.5 Å². The Balaban J connectivity index is 2.22. The molecule has 0 unspecified atom stereocenters. The van der Waals surface area contributed by atoms with Gasteiger partial charge in [-0.2, -0.15) is 0 Å². The molecular formula is C16H16ClF2NO. The van der Waals surface area contributed by atoms with Crippen LogP contribution in [0.4, 0.5) is 8.78 Å². The van der Waals surface area contributed by atoms with Gasteiger partial charge in [0.05, 0.1) is 0 Å². The molecule has 0 amide bonds. The fraction of sp³-hybridized carbons (Fsp3) is 0.250. The summed E-state index contributed by atoms with van der Waals surface area (Å²) in [5, 5.41) is 3.74. The molecule has 0 atom stereocenters. The molecule has 2 rings (SSSR count). The maximum Gasteiger partial charge on any atom is 0.168 e. The number of ether oxygens (including phenoxy) is 1. The van der Waals surface area contributed by atoms with E-state index in [4.69, 9.17) is 16.3 Å². The summed E-state index contributed by atoms with van der Waals surface area (Å²) in [5.41, 5.74) is 0.858. The molecule has 0 spiro atoms. The first-order valence-electron chi connectivity index (χ1n) is 6.72. The monoisotopic (exact) mass is 311 g/mol. The quantitative estimate of drug-likeness (QED) is 0.765. The molecule has 0 fully saturated rings. The van der Waals surface area contributed by atoms with Gasteiger partial charge in [-0.15, -0.1) is 0 Å². The molecule has 0 saturated heterocycles. The summed E-state index contributed by atoms with van der Waals surface area (Å²) in [7, 11) is 0. The Morgan fingerprint density at radius 2 is 1.90 bits per heavy atom. The smallest absolute Gasteiger partial charge is 0.168 e. The maximum atomic E-state index is 13.7. The van der Waals surface area contributed by atoms with Gasteiger partial charge in [0.25, 0.3) is 0 Å². The van der Waals surface area contributed by atoms with Crippen molar-refractivity contribution in [3.63, 3.8) is 0 Å². The highest BCUT2D eigenvalue weighted by molar-refractivity contribution is 6.30. The lowest BCUT2D eigenvalue weighted by molar-refractivity contribution is 0.431. The van der Waals surface area contributed by atoms with Gasteiger partial charge in [-0.3, -0.25) is 0 Å². The van der Waals surface area contributed by atoms with Crippen LogP contribution in [0.1, 0.15) is 18.9 Å². The number of hydrogen-bond donors (Lipinski definition) is 1. The third kappa shape index (κ3) is 4.41. The number of halogens is 3. The minimum atomic E-state index is -0.748. The van der Waals surface area contributed by atoms with Gasteiger partial charge in [0.15, 0.2) is 11.6 Å². The van der Waals surface area contributed by atoms with Gasteiger partial charge in [0.2, 0.25) is 0 Å². The van der Waals surface area contributed by atoms with Crippen molar-refractivity contribution in [1.29, 1.82) is 0 Å². The van der Waals surface area contributed by atoms with Crippen LogP contribution >= 0.6 is 11.6 Å². The van der Waals surface area contributed by atoms with E-state index in [1.54, 1.807) is 12.1 Å². The molecule has 0 heterocycles. The molecule has 0 aliphatic rings. The van der Waals surface area contributed by atoms with Crippen molar-refractivity contribution >= 4 is 11.6 Å². The van der Waals surface area contributed by atoms with E-state index in [1.165, 1.54) is 6.07 Å². The third-order valence-electron chi connectivity index (χ3n) is 2.89. The molecule has 21 heavy (non-hydrogen) atoms. The Morgan fingerprint density at radius 1 is 1.10 bits per heavy atom. The molecular weight excluding hydrogens is 296 g/mol. The molecule has 0 aliphatic heterocycles. The van der Waals surface area contributed by atoms with E-state index < -0.39 is 11.6 Å². The van der Waals surface area contributed by atoms with E-state index in [0.29, 0.717) is 17.3 Å². The maximum absolute atomic E-state index is 13.7. The first-order valence-corrected chi connectivity index (χ1v) is 7.10. The lowest BCUT2D eigenvalue weighted by Crippen LogP contribution is -2.14. The van der Waals surface area contributed by atoms with Gasteiger partial charge in [-0.05, 0) is 37.2 Å². The molecule has 0 saturated carbocycles. The molecule has 0 aromatic heterocycles. The third-order valence-corrected chi connectivity index (χ3v) is 3.12. The average Bonchev–Trinajstić information content (AvgIpc) is 2.44. The summed E-state index contributed by atoms with van der Waals surface area (Å²) < 4.78 is 32.1. The van der Waals surface area contributed by atoms with Crippen LogP contribution in [0.25, 0.3) is 0 Å². The van der Waals surface area contributed by atoms with Gasteiger partial charge < -0.3 is 10.1 Å². The minimum Gasteiger partial charge on any atom is -0.454 e. The van der Waals surface area contributed by atoms with Crippen molar-refractivity contribution in [1.82, 2.24) is 5.32 Å². The highest BCUT2D eigenvalue weighted by atomic mass is 35.5. The summed E-state index contributed by atoms with van der Waals surface area (Å²) in [6.45, 7) is 3.52. The Labute approximate surface area is 127 Å². The molecule has 0 bridgehead atoms. The van der Waals surface area contributed by atoms with Crippen LogP contribution < -0.4 is 10.1 Å². The topological polar surface area (TPSA) is 21.3 Å². The predicted octanol–water partition coefficient (Wildman–Crippen LogP) is 4.91. The zero-order chi connectivity index (χ0) is 15.2. The molecule has 0 radical (unpaired) electrons. The van der Waals surface area contributed by atoms with E-state index in [9.17, 15) is 8.78 Å². The highest BCUT2D eigenvalue weighted by Gasteiger charge is 2.10. The Kier molecular flexibility index (Phi) is 5.53. The minimum absolute atomic E-state index is 0.0320. The predicted molar refractivity (Wildman–Crippen MR) is 79.9 cm³/mol. The second kappa shape index (κ2) is 7.38. The van der Waals surface area contributed by atoms with Crippen molar-refractivity contribution < 1.29 is 13.5 Å². The molecule has 1 N–H and O–H groups in total. The Hall–Kier alpha value is -1.65. The highest BCUT2D eigenvalue weighted by Crippen LogP contribution is 2.30. The first-order chi connectivity index (χ1) is 10.1. The van der Waals surface area contributed by atoms with Crippen LogP contribution in [0.2, 0.25) is 5.02 Å². The van der Waals surface area contributed by atoms with E-state index >= 15 is 0 Å². The second-order valence-corrected chi connectivity index (χ2v) is 5.04. The van der Waals surface area contributed by atoms with Gasteiger partial charge in [0, 0.05) is 23.2 Å². The number of rotatable bonds is 6.